The molecule has 3 heterocycles. The summed E-state index contributed by atoms with van der Waals surface area (Å²) in [6.07, 6.45) is 0. The molecule has 186 valence electrons. The van der Waals surface area contributed by atoms with Crippen LogP contribution in [0.15, 0.2) is 66.2 Å². The van der Waals surface area contributed by atoms with Crippen molar-refractivity contribution in [1.29, 1.82) is 0 Å². The zero-order chi connectivity index (χ0) is 25.7. The molecule has 1 N–H and O–H groups in total. The van der Waals surface area contributed by atoms with E-state index in [0.29, 0.717) is 57.3 Å². The van der Waals surface area contributed by atoms with Gasteiger partial charge in [0, 0.05) is 10.6 Å². The Kier molecular flexibility index (Phi) is 5.73. The summed E-state index contributed by atoms with van der Waals surface area (Å²) in [4.78, 5) is 32.8. The van der Waals surface area contributed by atoms with E-state index < -0.39 is 17.7 Å². The number of carbonyl (C=O) groups is 2. The van der Waals surface area contributed by atoms with Gasteiger partial charge in [-0.05, 0) is 54.1 Å². The highest BCUT2D eigenvalue weighted by Gasteiger charge is 2.48. The molecule has 3 aromatic carbocycles. The highest BCUT2D eigenvalue weighted by Crippen LogP contribution is 2.45. The van der Waals surface area contributed by atoms with Crippen LogP contribution in [0.4, 0.5) is 5.13 Å². The molecule has 1 amide bonds. The lowest BCUT2D eigenvalue weighted by Gasteiger charge is -2.23. The Bertz CT molecular complexity index is 1610. The van der Waals surface area contributed by atoms with E-state index in [4.69, 9.17) is 25.8 Å². The summed E-state index contributed by atoms with van der Waals surface area (Å²) in [6, 6.07) is 16.1. The maximum atomic E-state index is 13.4. The van der Waals surface area contributed by atoms with Crippen molar-refractivity contribution in [2.24, 2.45) is 0 Å². The number of methoxy groups -OCH3 is 1. The molecule has 0 bridgehead atoms. The fourth-order valence-electron chi connectivity index (χ4n) is 4.49. The molecule has 1 aromatic heterocycles. The molecule has 0 unspecified atom stereocenters. The quantitative estimate of drug-likeness (QED) is 0.214. The highest BCUT2D eigenvalue weighted by molar-refractivity contribution is 7.22. The molecule has 4 aromatic rings. The van der Waals surface area contributed by atoms with Crippen molar-refractivity contribution >= 4 is 55.7 Å². The number of thiazole rings is 1. The molecule has 6 rings (SSSR count). The lowest BCUT2D eigenvalue weighted by atomic mass is 9.95. The van der Waals surface area contributed by atoms with Gasteiger partial charge in [-0.1, -0.05) is 35.1 Å². The predicted octanol–water partition coefficient (Wildman–Crippen LogP) is 5.36. The van der Waals surface area contributed by atoms with Gasteiger partial charge in [0.2, 0.25) is 0 Å². The van der Waals surface area contributed by atoms with Crippen LogP contribution in [-0.4, -0.2) is 42.1 Å². The zero-order valence-electron chi connectivity index (χ0n) is 19.4. The minimum absolute atomic E-state index is 0.0687. The molecule has 2 aliphatic heterocycles. The minimum Gasteiger partial charge on any atom is -0.507 e. The van der Waals surface area contributed by atoms with Crippen molar-refractivity contribution in [2.75, 3.05) is 25.2 Å². The Morgan fingerprint density at radius 3 is 2.68 bits per heavy atom. The van der Waals surface area contributed by atoms with E-state index in [1.54, 1.807) is 61.7 Å². The summed E-state index contributed by atoms with van der Waals surface area (Å²) >= 11 is 7.54. The molecule has 1 fully saturated rings. The number of benzene rings is 3. The molecular formula is C27H19ClN2O6S. The Labute approximate surface area is 220 Å². The van der Waals surface area contributed by atoms with Crippen molar-refractivity contribution in [3.8, 4) is 17.2 Å². The second-order valence-electron chi connectivity index (χ2n) is 8.41. The highest BCUT2D eigenvalue weighted by atomic mass is 35.5. The fraction of sp³-hybridized carbons (Fsp3) is 0.148. The van der Waals surface area contributed by atoms with Gasteiger partial charge >= 0.3 is 5.91 Å². The second kappa shape index (κ2) is 9.10. The Morgan fingerprint density at radius 2 is 1.89 bits per heavy atom. The molecule has 2 aliphatic rings. The van der Waals surface area contributed by atoms with E-state index in [0.717, 1.165) is 4.70 Å². The van der Waals surface area contributed by atoms with Crippen LogP contribution in [0.25, 0.3) is 16.0 Å². The number of fused-ring (bicyclic) bond motifs is 2. The number of rotatable bonds is 4. The average molecular weight is 535 g/mol. The lowest BCUT2D eigenvalue weighted by molar-refractivity contribution is -0.132. The minimum atomic E-state index is -0.950. The number of Topliss-reactive ketones (excluding diaryl/α,β-unsaturated/α-hetero) is 1. The summed E-state index contributed by atoms with van der Waals surface area (Å²) in [5, 5.41) is 12.1. The number of amides is 1. The van der Waals surface area contributed by atoms with Crippen LogP contribution in [0.1, 0.15) is 17.2 Å². The average Bonchev–Trinajstić information content (AvgIpc) is 3.45. The largest absolute Gasteiger partial charge is 0.507 e. The number of halogens is 1. The standard InChI is InChI=1S/C27H19ClN2O6S/c1-34-17-6-7-18-21(13-17)37-27(29-18)30-23(14-3-2-4-16(28)11-14)22(25(32)26(30)33)24(31)15-5-8-19-20(12-15)36-10-9-35-19/h2-8,11-13,23,31H,9-10H2,1H3/b24-22+/t23-/m0/s1. The number of anilines is 1. The van der Waals surface area contributed by atoms with Gasteiger partial charge in [-0.25, -0.2) is 4.98 Å². The number of aromatic nitrogens is 1. The maximum absolute atomic E-state index is 13.4. The zero-order valence-corrected chi connectivity index (χ0v) is 21.0. The Morgan fingerprint density at radius 1 is 1.08 bits per heavy atom. The third-order valence-electron chi connectivity index (χ3n) is 6.21. The molecule has 0 spiro atoms. The van der Waals surface area contributed by atoms with Crippen LogP contribution < -0.4 is 19.1 Å². The van der Waals surface area contributed by atoms with Crippen molar-refractivity contribution < 1.29 is 28.9 Å². The molecule has 0 radical (unpaired) electrons. The molecule has 37 heavy (non-hydrogen) atoms. The number of ether oxygens (including phenoxy) is 3. The number of aliphatic hydroxyl groups is 1. The first kappa shape index (κ1) is 23.3. The molecule has 8 nitrogen and oxygen atoms in total. The van der Waals surface area contributed by atoms with E-state index in [2.05, 4.69) is 4.98 Å². The van der Waals surface area contributed by atoms with Crippen LogP contribution in [0.2, 0.25) is 5.02 Å². The number of aliphatic hydroxyl groups excluding tert-OH is 1. The summed E-state index contributed by atoms with van der Waals surface area (Å²) < 4.78 is 17.3. The first-order valence-electron chi connectivity index (χ1n) is 11.4. The maximum Gasteiger partial charge on any atom is 0.301 e. The molecule has 0 aliphatic carbocycles. The van der Waals surface area contributed by atoms with Crippen molar-refractivity contribution in [2.45, 2.75) is 6.04 Å². The van der Waals surface area contributed by atoms with Crippen LogP contribution in [0, 0.1) is 0 Å². The third-order valence-corrected chi connectivity index (χ3v) is 7.47. The molecule has 10 heteroatoms. The van der Waals surface area contributed by atoms with E-state index >= 15 is 0 Å². The predicted molar refractivity (Wildman–Crippen MR) is 140 cm³/mol. The molecule has 1 saturated heterocycles. The summed E-state index contributed by atoms with van der Waals surface area (Å²) in [6.45, 7) is 0.790. The normalized spacial score (nSPS) is 18.4. The van der Waals surface area contributed by atoms with Gasteiger partial charge in [0.1, 0.15) is 24.7 Å². The van der Waals surface area contributed by atoms with Crippen LogP contribution in [-0.2, 0) is 9.59 Å². The van der Waals surface area contributed by atoms with Crippen LogP contribution in [0.5, 0.6) is 17.2 Å². The van der Waals surface area contributed by atoms with Crippen LogP contribution in [0.3, 0.4) is 0 Å². The fourth-order valence-corrected chi connectivity index (χ4v) is 5.71. The van der Waals surface area contributed by atoms with Crippen molar-refractivity contribution in [3.05, 3.63) is 82.4 Å². The Hall–Kier alpha value is -4.08. The first-order chi connectivity index (χ1) is 17.9. The number of ketones is 1. The van der Waals surface area contributed by atoms with Gasteiger partial charge in [0.25, 0.3) is 5.78 Å². The summed E-state index contributed by atoms with van der Waals surface area (Å²) in [7, 11) is 1.57. The van der Waals surface area contributed by atoms with E-state index in [1.165, 1.54) is 16.2 Å². The van der Waals surface area contributed by atoms with Gasteiger partial charge in [-0.3, -0.25) is 14.5 Å². The number of carbonyl (C=O) groups excluding carboxylic acids is 2. The summed E-state index contributed by atoms with van der Waals surface area (Å²) in [5.41, 5.74) is 1.46. The monoisotopic (exact) mass is 534 g/mol. The topological polar surface area (TPSA) is 98.2 Å². The SMILES string of the molecule is COc1ccc2nc(N3C(=O)C(=O)/C(=C(/O)c4ccc5c(c4)OCCO5)[C@@H]3c3cccc(Cl)c3)sc2c1. The van der Waals surface area contributed by atoms with Gasteiger partial charge in [-0.15, -0.1) is 0 Å². The van der Waals surface area contributed by atoms with Crippen LogP contribution >= 0.6 is 22.9 Å². The molecule has 0 saturated carbocycles. The molecule has 1 atom stereocenters. The summed E-state index contributed by atoms with van der Waals surface area (Å²) in [5.74, 6) is -0.312. The van der Waals surface area contributed by atoms with Gasteiger partial charge in [0.15, 0.2) is 16.6 Å². The van der Waals surface area contributed by atoms with Gasteiger partial charge < -0.3 is 19.3 Å². The van der Waals surface area contributed by atoms with E-state index in [1.807, 2.05) is 6.07 Å². The van der Waals surface area contributed by atoms with Gasteiger partial charge in [0.05, 0.1) is 28.9 Å². The lowest BCUT2D eigenvalue weighted by Crippen LogP contribution is -2.29. The number of nitrogens with zero attached hydrogens (tertiary/aromatic N) is 2. The first-order valence-corrected chi connectivity index (χ1v) is 12.5. The molecular weight excluding hydrogens is 516 g/mol. The van der Waals surface area contributed by atoms with Gasteiger partial charge in [-0.2, -0.15) is 0 Å². The smallest absolute Gasteiger partial charge is 0.301 e. The Balaban J connectivity index is 1.53. The third kappa shape index (κ3) is 3.96. The van der Waals surface area contributed by atoms with Crippen molar-refractivity contribution in [3.63, 3.8) is 0 Å². The second-order valence-corrected chi connectivity index (χ2v) is 9.86. The van der Waals surface area contributed by atoms with Crippen molar-refractivity contribution in [1.82, 2.24) is 4.98 Å². The van der Waals surface area contributed by atoms with E-state index in [-0.39, 0.29) is 11.3 Å². The van der Waals surface area contributed by atoms with E-state index in [9.17, 15) is 14.7 Å². The number of hydrogen-bond acceptors (Lipinski definition) is 8. The number of hydrogen-bond donors (Lipinski definition) is 1.